The second-order valence-corrected chi connectivity index (χ2v) is 7.59. The van der Waals surface area contributed by atoms with Gasteiger partial charge in [0.05, 0.1) is 26.3 Å². The van der Waals surface area contributed by atoms with Crippen LogP contribution in [0.15, 0.2) is 36.4 Å². The molecule has 0 bridgehead atoms. The van der Waals surface area contributed by atoms with Crippen molar-refractivity contribution < 1.29 is 23.9 Å². The molecule has 2 aromatic rings. The van der Waals surface area contributed by atoms with E-state index in [-0.39, 0.29) is 18.4 Å². The van der Waals surface area contributed by atoms with Gasteiger partial charge in [0, 0.05) is 37.6 Å². The van der Waals surface area contributed by atoms with Crippen molar-refractivity contribution in [2.45, 2.75) is 6.92 Å². The van der Waals surface area contributed by atoms with Gasteiger partial charge in [-0.1, -0.05) is 6.07 Å². The molecule has 4 amide bonds. The van der Waals surface area contributed by atoms with E-state index in [0.29, 0.717) is 48.9 Å². The van der Waals surface area contributed by atoms with Crippen LogP contribution in [0, 0.1) is 6.92 Å². The van der Waals surface area contributed by atoms with E-state index in [1.807, 2.05) is 13.0 Å². The molecule has 2 aromatic carbocycles. The molecule has 10 heteroatoms. The van der Waals surface area contributed by atoms with Crippen molar-refractivity contribution in [2.24, 2.45) is 5.73 Å². The third kappa shape index (κ3) is 5.65. The molecule has 1 fully saturated rings. The van der Waals surface area contributed by atoms with Gasteiger partial charge in [-0.2, -0.15) is 0 Å². The van der Waals surface area contributed by atoms with Gasteiger partial charge in [-0.15, -0.1) is 0 Å². The van der Waals surface area contributed by atoms with Gasteiger partial charge < -0.3 is 35.6 Å². The zero-order valence-electron chi connectivity index (χ0n) is 19.0. The Morgan fingerprint density at radius 2 is 1.70 bits per heavy atom. The number of urea groups is 1. The maximum Gasteiger partial charge on any atom is 0.316 e. The predicted molar refractivity (Wildman–Crippen MR) is 125 cm³/mol. The number of aryl methyl sites for hydroxylation is 1. The molecule has 33 heavy (non-hydrogen) atoms. The Morgan fingerprint density at radius 3 is 2.30 bits per heavy atom. The number of primary amides is 1. The molecule has 0 unspecified atom stereocenters. The zero-order valence-corrected chi connectivity index (χ0v) is 19.0. The zero-order chi connectivity index (χ0) is 24.0. The Morgan fingerprint density at radius 1 is 1.00 bits per heavy atom. The van der Waals surface area contributed by atoms with E-state index in [0.717, 1.165) is 11.3 Å². The van der Waals surface area contributed by atoms with E-state index in [1.165, 1.54) is 14.2 Å². The number of nitrogens with zero attached hydrogens (tertiary/aromatic N) is 2. The van der Waals surface area contributed by atoms with Crippen LogP contribution in [0.1, 0.15) is 15.9 Å². The molecule has 4 N–H and O–H groups in total. The van der Waals surface area contributed by atoms with Gasteiger partial charge >= 0.3 is 6.03 Å². The Kier molecular flexibility index (Phi) is 7.60. The summed E-state index contributed by atoms with van der Waals surface area (Å²) in [5, 5.41) is 5.65. The van der Waals surface area contributed by atoms with E-state index in [4.69, 9.17) is 15.2 Å². The second-order valence-electron chi connectivity index (χ2n) is 7.59. The largest absolute Gasteiger partial charge is 0.493 e. The van der Waals surface area contributed by atoms with Gasteiger partial charge in [0.25, 0.3) is 5.91 Å². The smallest absolute Gasteiger partial charge is 0.316 e. The Balaban J connectivity index is 1.54. The summed E-state index contributed by atoms with van der Waals surface area (Å²) < 4.78 is 10.7. The molecule has 1 saturated heterocycles. The summed E-state index contributed by atoms with van der Waals surface area (Å²) in [5.41, 5.74) is 7.79. The normalized spacial score (nSPS) is 13.3. The fourth-order valence-corrected chi connectivity index (χ4v) is 3.72. The van der Waals surface area contributed by atoms with Gasteiger partial charge in [-0.05, 0) is 42.8 Å². The van der Waals surface area contributed by atoms with Crippen molar-refractivity contribution >= 4 is 29.2 Å². The third-order valence-electron chi connectivity index (χ3n) is 5.48. The number of nitrogens with two attached hydrogens (primary N) is 1. The molecule has 1 aliphatic heterocycles. The average molecular weight is 456 g/mol. The summed E-state index contributed by atoms with van der Waals surface area (Å²) in [5.74, 6) is 0.686. The first kappa shape index (κ1) is 23.7. The van der Waals surface area contributed by atoms with Crippen molar-refractivity contribution in [1.82, 2.24) is 9.80 Å². The molecular weight excluding hydrogens is 426 g/mol. The van der Waals surface area contributed by atoms with Crippen LogP contribution in [-0.4, -0.2) is 74.6 Å². The van der Waals surface area contributed by atoms with Crippen molar-refractivity contribution in [2.75, 3.05) is 57.6 Å². The number of piperazine rings is 1. The van der Waals surface area contributed by atoms with Crippen LogP contribution in [0.25, 0.3) is 0 Å². The quantitative estimate of drug-likeness (QED) is 0.585. The molecule has 10 nitrogen and oxygen atoms in total. The van der Waals surface area contributed by atoms with Crippen molar-refractivity contribution in [3.63, 3.8) is 0 Å². The summed E-state index contributed by atoms with van der Waals surface area (Å²) >= 11 is 0. The topological polar surface area (TPSA) is 126 Å². The number of carbonyl (C=O) groups excluding carboxylic acids is 3. The highest BCUT2D eigenvalue weighted by atomic mass is 16.5. The van der Waals surface area contributed by atoms with Crippen LogP contribution in [0.4, 0.5) is 16.2 Å². The lowest BCUT2D eigenvalue weighted by Crippen LogP contribution is -2.51. The highest BCUT2D eigenvalue weighted by Crippen LogP contribution is 2.31. The van der Waals surface area contributed by atoms with Gasteiger partial charge in [-0.3, -0.25) is 9.59 Å². The number of ether oxygens (including phenoxy) is 2. The first-order chi connectivity index (χ1) is 15.8. The lowest BCUT2D eigenvalue weighted by Gasteiger charge is -2.35. The molecule has 3 rings (SSSR count). The van der Waals surface area contributed by atoms with E-state index in [2.05, 4.69) is 10.6 Å². The molecular formula is C23H29N5O5. The van der Waals surface area contributed by atoms with E-state index in [1.54, 1.807) is 40.1 Å². The SMILES string of the molecule is COc1cccc(C(=O)N2CCN(C(=O)CNc3ccc(NC(N)=O)c(C)c3)CC2)c1OC. The summed E-state index contributed by atoms with van der Waals surface area (Å²) in [6.07, 6.45) is 0. The van der Waals surface area contributed by atoms with Crippen molar-refractivity contribution in [3.05, 3.63) is 47.5 Å². The molecule has 0 spiro atoms. The Bertz CT molecular complexity index is 1030. The maximum atomic E-state index is 13.0. The minimum Gasteiger partial charge on any atom is -0.493 e. The number of methoxy groups -OCH3 is 2. The second kappa shape index (κ2) is 10.6. The van der Waals surface area contributed by atoms with Gasteiger partial charge in [-0.25, -0.2) is 4.79 Å². The lowest BCUT2D eigenvalue weighted by atomic mass is 10.1. The number of nitrogens with one attached hydrogen (secondary N) is 2. The Labute approximate surface area is 192 Å². The fourth-order valence-electron chi connectivity index (χ4n) is 3.72. The third-order valence-corrected chi connectivity index (χ3v) is 5.48. The summed E-state index contributed by atoms with van der Waals surface area (Å²) in [4.78, 5) is 40.1. The lowest BCUT2D eigenvalue weighted by molar-refractivity contribution is -0.130. The van der Waals surface area contributed by atoms with Crippen LogP contribution < -0.4 is 25.8 Å². The standard InChI is InChI=1S/C23H29N5O5/c1-15-13-16(7-8-18(15)26-23(24)31)25-14-20(29)27-9-11-28(12-10-27)22(30)17-5-4-6-19(32-2)21(17)33-3/h4-8,13,25H,9-12,14H2,1-3H3,(H3,24,26,31). The summed E-state index contributed by atoms with van der Waals surface area (Å²) in [6.45, 7) is 3.71. The molecule has 1 heterocycles. The number of hydrogen-bond acceptors (Lipinski definition) is 6. The summed E-state index contributed by atoms with van der Waals surface area (Å²) in [7, 11) is 3.03. The van der Waals surface area contributed by atoms with Crippen LogP contribution in [0.3, 0.4) is 0 Å². The van der Waals surface area contributed by atoms with Gasteiger partial charge in [0.2, 0.25) is 5.91 Å². The van der Waals surface area contributed by atoms with E-state index < -0.39 is 6.03 Å². The number of rotatable bonds is 7. The van der Waals surface area contributed by atoms with E-state index >= 15 is 0 Å². The molecule has 1 aliphatic rings. The monoisotopic (exact) mass is 455 g/mol. The minimum absolute atomic E-state index is 0.0574. The summed E-state index contributed by atoms with van der Waals surface area (Å²) in [6, 6.07) is 9.89. The van der Waals surface area contributed by atoms with Gasteiger partial charge in [0.15, 0.2) is 11.5 Å². The van der Waals surface area contributed by atoms with Crippen molar-refractivity contribution in [3.8, 4) is 11.5 Å². The number of benzene rings is 2. The van der Waals surface area contributed by atoms with E-state index in [9.17, 15) is 14.4 Å². The molecule has 0 saturated carbocycles. The number of carbonyl (C=O) groups is 3. The van der Waals surface area contributed by atoms with Crippen molar-refractivity contribution in [1.29, 1.82) is 0 Å². The van der Waals surface area contributed by atoms with Crippen LogP contribution in [0.2, 0.25) is 0 Å². The molecule has 0 radical (unpaired) electrons. The van der Waals surface area contributed by atoms with Crippen LogP contribution in [-0.2, 0) is 4.79 Å². The molecule has 0 atom stereocenters. The molecule has 0 aromatic heterocycles. The first-order valence-electron chi connectivity index (χ1n) is 10.5. The minimum atomic E-state index is -0.628. The predicted octanol–water partition coefficient (Wildman–Crippen LogP) is 1.90. The maximum absolute atomic E-state index is 13.0. The van der Waals surface area contributed by atoms with Crippen LogP contribution >= 0.6 is 0 Å². The highest BCUT2D eigenvalue weighted by molar-refractivity contribution is 5.98. The molecule has 176 valence electrons. The number of hydrogen-bond donors (Lipinski definition) is 3. The fraction of sp³-hybridized carbons (Fsp3) is 0.348. The first-order valence-corrected chi connectivity index (χ1v) is 10.5. The highest BCUT2D eigenvalue weighted by Gasteiger charge is 2.27. The average Bonchev–Trinajstić information content (AvgIpc) is 2.82. The Hall–Kier alpha value is -3.95. The number of para-hydroxylation sites is 1. The number of amides is 4. The van der Waals surface area contributed by atoms with Gasteiger partial charge in [0.1, 0.15) is 0 Å². The van der Waals surface area contributed by atoms with Crippen LogP contribution in [0.5, 0.6) is 11.5 Å². The number of anilines is 2. The molecule has 0 aliphatic carbocycles.